The van der Waals surface area contributed by atoms with Gasteiger partial charge in [0.15, 0.2) is 5.65 Å². The number of hydrogen-bond acceptors (Lipinski definition) is 4. The van der Waals surface area contributed by atoms with Crippen molar-refractivity contribution in [2.24, 2.45) is 0 Å². The van der Waals surface area contributed by atoms with Crippen molar-refractivity contribution in [2.75, 3.05) is 4.90 Å². The smallest absolute Gasteiger partial charge is 0.232 e. The second kappa shape index (κ2) is 3.42. The van der Waals surface area contributed by atoms with Crippen LogP contribution in [0.2, 0.25) is 0 Å². The van der Waals surface area contributed by atoms with Crippen LogP contribution in [0, 0.1) is 0 Å². The van der Waals surface area contributed by atoms with Gasteiger partial charge in [-0.05, 0) is 32.1 Å². The molecule has 0 aliphatic carbocycles. The van der Waals surface area contributed by atoms with Gasteiger partial charge in [0.2, 0.25) is 5.95 Å². The molecule has 88 valence electrons. The molecular formula is C12H15N5. The van der Waals surface area contributed by atoms with Crippen LogP contribution in [0.5, 0.6) is 0 Å². The second-order valence-corrected chi connectivity index (χ2v) is 5.03. The first-order valence-electron chi connectivity index (χ1n) is 6.36. The van der Waals surface area contributed by atoms with Gasteiger partial charge in [0.25, 0.3) is 0 Å². The van der Waals surface area contributed by atoms with Gasteiger partial charge in [-0.3, -0.25) is 9.38 Å². The van der Waals surface area contributed by atoms with E-state index in [-0.39, 0.29) is 0 Å². The highest BCUT2D eigenvalue weighted by atomic mass is 15.4. The third-order valence-electron chi connectivity index (χ3n) is 4.12. The Morgan fingerprint density at radius 3 is 2.71 bits per heavy atom. The van der Waals surface area contributed by atoms with Crippen molar-refractivity contribution in [3.8, 4) is 0 Å². The largest absolute Gasteiger partial charge is 0.335 e. The van der Waals surface area contributed by atoms with Crippen molar-refractivity contribution in [1.82, 2.24) is 19.6 Å². The van der Waals surface area contributed by atoms with E-state index in [1.807, 2.05) is 6.20 Å². The van der Waals surface area contributed by atoms with E-state index in [1.54, 1.807) is 12.4 Å². The van der Waals surface area contributed by atoms with Gasteiger partial charge < -0.3 is 4.90 Å². The summed E-state index contributed by atoms with van der Waals surface area (Å²) in [5.74, 6) is 1.01. The lowest BCUT2D eigenvalue weighted by Crippen LogP contribution is -2.40. The van der Waals surface area contributed by atoms with Crippen molar-refractivity contribution >= 4 is 11.6 Å². The molecule has 2 saturated heterocycles. The van der Waals surface area contributed by atoms with Gasteiger partial charge >= 0.3 is 0 Å². The summed E-state index contributed by atoms with van der Waals surface area (Å²) in [6.07, 6.45) is 12.1. The molecule has 0 spiro atoms. The lowest BCUT2D eigenvalue weighted by Gasteiger charge is -2.34. The summed E-state index contributed by atoms with van der Waals surface area (Å²) in [6.45, 7) is 0. The molecule has 4 heterocycles. The summed E-state index contributed by atoms with van der Waals surface area (Å²) >= 11 is 0. The number of piperidine rings is 1. The van der Waals surface area contributed by atoms with Gasteiger partial charge in [0.1, 0.15) is 0 Å². The zero-order valence-corrected chi connectivity index (χ0v) is 9.66. The standard InChI is InChI=1S/C12H15N5/c1-2-9-4-5-10(3-1)17(9)12-15-14-11-8-13-6-7-16(11)12/h6-10H,1-5H2. The number of fused-ring (bicyclic) bond motifs is 3. The number of hydrogen-bond donors (Lipinski definition) is 0. The van der Waals surface area contributed by atoms with E-state index >= 15 is 0 Å². The van der Waals surface area contributed by atoms with Crippen molar-refractivity contribution in [1.29, 1.82) is 0 Å². The fourth-order valence-electron chi connectivity index (χ4n) is 3.36. The topological polar surface area (TPSA) is 46.3 Å². The molecule has 0 N–H and O–H groups in total. The van der Waals surface area contributed by atoms with E-state index in [2.05, 4.69) is 24.5 Å². The molecule has 0 saturated carbocycles. The maximum Gasteiger partial charge on any atom is 0.232 e. The van der Waals surface area contributed by atoms with Crippen LogP contribution in [0.3, 0.4) is 0 Å². The zero-order chi connectivity index (χ0) is 11.2. The van der Waals surface area contributed by atoms with E-state index in [1.165, 1.54) is 32.1 Å². The Hall–Kier alpha value is -1.65. The Bertz CT molecular complexity index is 533. The molecule has 5 nitrogen and oxygen atoms in total. The Morgan fingerprint density at radius 1 is 1.06 bits per heavy atom. The minimum atomic E-state index is 0.675. The molecule has 2 aliphatic heterocycles. The summed E-state index contributed by atoms with van der Waals surface area (Å²) in [7, 11) is 0. The molecule has 5 heteroatoms. The lowest BCUT2D eigenvalue weighted by molar-refractivity contribution is 0.459. The highest BCUT2D eigenvalue weighted by Crippen LogP contribution is 2.38. The minimum Gasteiger partial charge on any atom is -0.335 e. The van der Waals surface area contributed by atoms with Gasteiger partial charge in [0.05, 0.1) is 6.20 Å². The van der Waals surface area contributed by atoms with Crippen molar-refractivity contribution < 1.29 is 0 Å². The van der Waals surface area contributed by atoms with E-state index in [0.717, 1.165) is 11.6 Å². The van der Waals surface area contributed by atoms with E-state index in [4.69, 9.17) is 0 Å². The van der Waals surface area contributed by atoms with Gasteiger partial charge in [-0.2, -0.15) is 0 Å². The fourth-order valence-corrected chi connectivity index (χ4v) is 3.36. The highest BCUT2D eigenvalue weighted by molar-refractivity contribution is 5.47. The molecule has 2 unspecified atom stereocenters. The van der Waals surface area contributed by atoms with Gasteiger partial charge in [0, 0.05) is 24.5 Å². The molecular weight excluding hydrogens is 214 g/mol. The third kappa shape index (κ3) is 1.28. The average molecular weight is 229 g/mol. The molecule has 4 rings (SSSR count). The normalized spacial score (nSPS) is 27.9. The summed E-state index contributed by atoms with van der Waals surface area (Å²) in [5.41, 5.74) is 0.840. The number of anilines is 1. The average Bonchev–Trinajstić information content (AvgIpc) is 2.87. The first kappa shape index (κ1) is 9.39. The first-order chi connectivity index (χ1) is 8.43. The summed E-state index contributed by atoms with van der Waals surface area (Å²) in [4.78, 5) is 6.57. The van der Waals surface area contributed by atoms with Crippen molar-refractivity contribution in [2.45, 2.75) is 44.2 Å². The zero-order valence-electron chi connectivity index (χ0n) is 9.66. The first-order valence-corrected chi connectivity index (χ1v) is 6.36. The monoisotopic (exact) mass is 229 g/mol. The second-order valence-electron chi connectivity index (χ2n) is 5.03. The maximum atomic E-state index is 4.36. The molecule has 17 heavy (non-hydrogen) atoms. The summed E-state index contributed by atoms with van der Waals surface area (Å²) < 4.78 is 2.06. The predicted octanol–water partition coefficient (Wildman–Crippen LogP) is 1.65. The number of aromatic nitrogens is 4. The fraction of sp³-hybridized carbons (Fsp3) is 0.583. The Labute approximate surface area is 99.5 Å². The van der Waals surface area contributed by atoms with Crippen LogP contribution >= 0.6 is 0 Å². The molecule has 2 aliphatic rings. The maximum absolute atomic E-state index is 4.36. The molecule has 2 aromatic rings. The van der Waals surface area contributed by atoms with Crippen molar-refractivity contribution in [3.05, 3.63) is 18.6 Å². The summed E-state index contributed by atoms with van der Waals surface area (Å²) in [6, 6.07) is 1.35. The molecule has 2 atom stereocenters. The van der Waals surface area contributed by atoms with Crippen LogP contribution in [-0.2, 0) is 0 Å². The lowest BCUT2D eigenvalue weighted by atomic mass is 10.0. The van der Waals surface area contributed by atoms with E-state index < -0.39 is 0 Å². The summed E-state index contributed by atoms with van der Waals surface area (Å²) in [5, 5.41) is 8.56. The van der Waals surface area contributed by atoms with Gasteiger partial charge in [-0.15, -0.1) is 10.2 Å². The van der Waals surface area contributed by atoms with E-state index in [0.29, 0.717) is 12.1 Å². The van der Waals surface area contributed by atoms with Crippen molar-refractivity contribution in [3.63, 3.8) is 0 Å². The van der Waals surface area contributed by atoms with Crippen LogP contribution in [0.4, 0.5) is 5.95 Å². The third-order valence-corrected chi connectivity index (χ3v) is 4.12. The van der Waals surface area contributed by atoms with Crippen LogP contribution < -0.4 is 4.90 Å². The van der Waals surface area contributed by atoms with Gasteiger partial charge in [-0.1, -0.05) is 0 Å². The molecule has 0 amide bonds. The molecule has 0 radical (unpaired) electrons. The highest BCUT2D eigenvalue weighted by Gasteiger charge is 2.38. The quantitative estimate of drug-likeness (QED) is 0.746. The molecule has 2 fully saturated rings. The molecule has 2 bridgehead atoms. The molecule has 2 aromatic heterocycles. The SMILES string of the molecule is c1cn2c(N3C4CCCC3CC4)nnc2cn1. The predicted molar refractivity (Wildman–Crippen MR) is 63.9 cm³/mol. The molecule has 0 aromatic carbocycles. The Balaban J connectivity index is 1.84. The van der Waals surface area contributed by atoms with Crippen LogP contribution in [-0.4, -0.2) is 31.7 Å². The minimum absolute atomic E-state index is 0.675. The number of rotatable bonds is 1. The Morgan fingerprint density at radius 2 is 1.88 bits per heavy atom. The Kier molecular flexibility index (Phi) is 1.89. The van der Waals surface area contributed by atoms with Crippen LogP contribution in [0.15, 0.2) is 18.6 Å². The van der Waals surface area contributed by atoms with Crippen LogP contribution in [0.25, 0.3) is 5.65 Å². The van der Waals surface area contributed by atoms with Gasteiger partial charge in [-0.25, -0.2) is 0 Å². The van der Waals surface area contributed by atoms with E-state index in [9.17, 15) is 0 Å². The van der Waals surface area contributed by atoms with Crippen LogP contribution in [0.1, 0.15) is 32.1 Å². The number of nitrogens with zero attached hydrogens (tertiary/aromatic N) is 5.